The van der Waals surface area contributed by atoms with E-state index in [4.69, 9.17) is 19.7 Å². The summed E-state index contributed by atoms with van der Waals surface area (Å²) < 4.78 is 5.86. The SMILES string of the molecule is CC(C)c1ccc2c(c1)CCc1[nH]c(C(C)C)nc1-2.CC(C)c1ccc2c(c1)OCc1[nH]c(C(C)C)nc1-2.CC(C)c1ccc2c(ccc3[nH]c(C(C)C)nc32)c1. The predicted octanol–water partition coefficient (Wildman–Crippen LogP) is 13.6. The van der Waals surface area contributed by atoms with Crippen molar-refractivity contribution in [2.24, 2.45) is 0 Å². The molecule has 0 radical (unpaired) electrons. The lowest BCUT2D eigenvalue weighted by Gasteiger charge is -2.18. The molecule has 1 aliphatic heterocycles. The fraction of sp³-hybridized carbons (Fsp3) is 0.420. The van der Waals surface area contributed by atoms with Crippen molar-refractivity contribution in [3.05, 3.63) is 118 Å². The van der Waals surface area contributed by atoms with Crippen LogP contribution in [0.2, 0.25) is 0 Å². The summed E-state index contributed by atoms with van der Waals surface area (Å²) in [6, 6.07) is 24.4. The van der Waals surface area contributed by atoms with Gasteiger partial charge in [0.15, 0.2) is 0 Å². The van der Waals surface area contributed by atoms with E-state index in [1.807, 2.05) is 0 Å². The molecule has 3 N–H and O–H groups in total. The van der Waals surface area contributed by atoms with Crippen LogP contribution in [0.4, 0.5) is 0 Å². The summed E-state index contributed by atoms with van der Waals surface area (Å²) in [5.74, 6) is 7.14. The molecule has 7 nitrogen and oxygen atoms in total. The van der Waals surface area contributed by atoms with E-state index in [9.17, 15) is 0 Å². The van der Waals surface area contributed by atoms with Crippen LogP contribution in [0.3, 0.4) is 0 Å². The van der Waals surface area contributed by atoms with Gasteiger partial charge in [-0.25, -0.2) is 15.0 Å². The summed E-state index contributed by atoms with van der Waals surface area (Å²) in [7, 11) is 0. The molecule has 7 aromatic rings. The van der Waals surface area contributed by atoms with Crippen molar-refractivity contribution in [1.82, 2.24) is 29.9 Å². The van der Waals surface area contributed by atoms with Crippen LogP contribution in [0.25, 0.3) is 44.3 Å². The van der Waals surface area contributed by atoms with E-state index in [2.05, 4.69) is 165 Å². The van der Waals surface area contributed by atoms with Crippen LogP contribution in [0.15, 0.2) is 66.7 Å². The van der Waals surface area contributed by atoms with Gasteiger partial charge in [-0.2, -0.15) is 0 Å². The first kappa shape index (κ1) is 40.0. The Labute approximate surface area is 339 Å². The van der Waals surface area contributed by atoms with E-state index in [-0.39, 0.29) is 0 Å². The normalized spacial score (nSPS) is 13.1. The summed E-state index contributed by atoms with van der Waals surface area (Å²) in [6.07, 6.45) is 2.21. The van der Waals surface area contributed by atoms with Crippen LogP contribution in [-0.4, -0.2) is 29.9 Å². The molecule has 4 heterocycles. The van der Waals surface area contributed by atoms with Gasteiger partial charge in [-0.1, -0.05) is 132 Å². The Kier molecular flexibility index (Phi) is 11.5. The molecule has 0 amide bonds. The summed E-state index contributed by atoms with van der Waals surface area (Å²) in [5, 5.41) is 2.52. The van der Waals surface area contributed by atoms with Crippen molar-refractivity contribution >= 4 is 21.8 Å². The van der Waals surface area contributed by atoms with Gasteiger partial charge in [-0.15, -0.1) is 0 Å². The highest BCUT2D eigenvalue weighted by Crippen LogP contribution is 2.39. The van der Waals surface area contributed by atoms with E-state index in [0.717, 1.165) is 64.0 Å². The van der Waals surface area contributed by atoms with Crippen molar-refractivity contribution < 1.29 is 4.74 Å². The number of hydrogen-bond acceptors (Lipinski definition) is 4. The second-order valence-corrected chi connectivity index (χ2v) is 17.9. The number of ether oxygens (including phenoxy) is 1. The number of H-pyrrole nitrogens is 3. The summed E-state index contributed by atoms with van der Waals surface area (Å²) in [5.41, 5.74) is 14.9. The van der Waals surface area contributed by atoms with Crippen molar-refractivity contribution in [1.29, 1.82) is 0 Å². The van der Waals surface area contributed by atoms with E-state index in [1.54, 1.807) is 0 Å². The molecule has 0 fully saturated rings. The Morgan fingerprint density at radius 3 is 1.67 bits per heavy atom. The average Bonchev–Trinajstić information content (AvgIpc) is 3.95. The minimum atomic E-state index is 0.406. The molecular weight excluding hydrogens is 701 g/mol. The molecule has 0 atom stereocenters. The maximum atomic E-state index is 5.86. The quantitative estimate of drug-likeness (QED) is 0.157. The third-order valence-electron chi connectivity index (χ3n) is 11.4. The molecule has 2 aliphatic rings. The Balaban J connectivity index is 0.000000131. The number of fused-ring (bicyclic) bond motifs is 9. The summed E-state index contributed by atoms with van der Waals surface area (Å²) in [6.45, 7) is 26.9. The van der Waals surface area contributed by atoms with Gasteiger partial charge < -0.3 is 19.7 Å². The van der Waals surface area contributed by atoms with Crippen LogP contribution in [0.5, 0.6) is 5.75 Å². The van der Waals surface area contributed by atoms with Gasteiger partial charge in [0.25, 0.3) is 0 Å². The van der Waals surface area contributed by atoms with Gasteiger partial charge in [-0.05, 0) is 76.4 Å². The number of aromatic amines is 3. The maximum absolute atomic E-state index is 5.86. The number of benzene rings is 4. The number of rotatable bonds is 6. The van der Waals surface area contributed by atoms with E-state index >= 15 is 0 Å². The lowest BCUT2D eigenvalue weighted by molar-refractivity contribution is 0.297. The van der Waals surface area contributed by atoms with Crippen molar-refractivity contribution in [2.45, 2.75) is 138 Å². The van der Waals surface area contributed by atoms with Crippen molar-refractivity contribution in [2.75, 3.05) is 0 Å². The van der Waals surface area contributed by atoms with Crippen LogP contribution >= 0.6 is 0 Å². The topological polar surface area (TPSA) is 95.3 Å². The van der Waals surface area contributed by atoms with Gasteiger partial charge >= 0.3 is 0 Å². The van der Waals surface area contributed by atoms with Crippen LogP contribution in [-0.2, 0) is 19.4 Å². The zero-order valence-corrected chi connectivity index (χ0v) is 36.2. The zero-order valence-electron chi connectivity index (χ0n) is 36.2. The van der Waals surface area contributed by atoms with E-state index in [0.29, 0.717) is 42.1 Å². The van der Waals surface area contributed by atoms with Gasteiger partial charge in [-0.3, -0.25) is 0 Å². The standard InChI is InChI=1S/C17H22N2.C17H20N2.C16H20N2O/c2*1-10(2)12-5-7-14-13(9-12)6-8-15-16(14)19-17(18-15)11(3)4;1-9(2)11-5-6-12-14(7-11)19-8-13-15(12)18-16(17-13)10(3)4/h5,7,9-11H,6,8H2,1-4H3,(H,18,19);5-11H,1-4H3,(H,18,19);5-7,9-10H,8H2,1-4H3,(H,17,18). The average molecular weight is 763 g/mol. The van der Waals surface area contributed by atoms with Gasteiger partial charge in [0.2, 0.25) is 0 Å². The number of nitrogens with zero attached hydrogens (tertiary/aromatic N) is 3. The first-order valence-electron chi connectivity index (χ1n) is 21.2. The maximum Gasteiger partial charge on any atom is 0.130 e. The molecule has 7 heteroatoms. The molecule has 9 rings (SSSR count). The Hall–Kier alpha value is -5.17. The third kappa shape index (κ3) is 8.30. The molecule has 3 aromatic heterocycles. The number of imidazole rings is 3. The Bertz CT molecular complexity index is 2400. The minimum Gasteiger partial charge on any atom is -0.487 e. The van der Waals surface area contributed by atoms with Crippen LogP contribution in [0.1, 0.15) is 170 Å². The fourth-order valence-corrected chi connectivity index (χ4v) is 7.64. The molecule has 0 saturated carbocycles. The second-order valence-electron chi connectivity index (χ2n) is 17.9. The Morgan fingerprint density at radius 1 is 0.491 bits per heavy atom. The number of aromatic nitrogens is 6. The van der Waals surface area contributed by atoms with Gasteiger partial charge in [0, 0.05) is 40.0 Å². The molecule has 0 unspecified atom stereocenters. The summed E-state index contributed by atoms with van der Waals surface area (Å²) >= 11 is 0. The lowest BCUT2D eigenvalue weighted by Crippen LogP contribution is -2.05. The molecule has 298 valence electrons. The molecule has 1 aliphatic carbocycles. The van der Waals surface area contributed by atoms with Crippen molar-refractivity contribution in [3.8, 4) is 28.3 Å². The second kappa shape index (κ2) is 16.4. The predicted molar refractivity (Wildman–Crippen MR) is 238 cm³/mol. The monoisotopic (exact) mass is 762 g/mol. The molecule has 0 spiro atoms. The number of hydrogen-bond donors (Lipinski definition) is 3. The largest absolute Gasteiger partial charge is 0.487 e. The van der Waals surface area contributed by atoms with Crippen molar-refractivity contribution in [3.63, 3.8) is 0 Å². The molecule has 57 heavy (non-hydrogen) atoms. The smallest absolute Gasteiger partial charge is 0.130 e. The highest BCUT2D eigenvalue weighted by molar-refractivity contribution is 6.04. The molecule has 0 saturated heterocycles. The highest BCUT2D eigenvalue weighted by Gasteiger charge is 2.24. The fourth-order valence-electron chi connectivity index (χ4n) is 7.64. The van der Waals surface area contributed by atoms with E-state index < -0.39 is 0 Å². The first-order valence-corrected chi connectivity index (χ1v) is 21.2. The van der Waals surface area contributed by atoms with Gasteiger partial charge in [0.05, 0.1) is 28.1 Å². The number of aryl methyl sites for hydroxylation is 2. The lowest BCUT2D eigenvalue weighted by atomic mass is 9.89. The van der Waals surface area contributed by atoms with Crippen LogP contribution in [0, 0.1) is 0 Å². The van der Waals surface area contributed by atoms with Crippen LogP contribution < -0.4 is 4.74 Å². The first-order chi connectivity index (χ1) is 27.2. The number of nitrogens with one attached hydrogen (secondary N) is 3. The molecular formula is C50H62N6O. The zero-order chi connectivity index (χ0) is 40.7. The third-order valence-corrected chi connectivity index (χ3v) is 11.4. The summed E-state index contributed by atoms with van der Waals surface area (Å²) in [4.78, 5) is 24.6. The van der Waals surface area contributed by atoms with E-state index in [1.165, 1.54) is 50.0 Å². The molecule has 0 bridgehead atoms. The Morgan fingerprint density at radius 2 is 1.04 bits per heavy atom. The highest BCUT2D eigenvalue weighted by atomic mass is 16.5. The van der Waals surface area contributed by atoms with Gasteiger partial charge in [0.1, 0.15) is 29.8 Å². The minimum absolute atomic E-state index is 0.406. The molecule has 4 aromatic carbocycles.